The number of fused-ring (bicyclic) bond motifs is 3. The molecule has 1 N–H and O–H groups in total. The van der Waals surface area contributed by atoms with Crippen LogP contribution in [0.2, 0.25) is 0 Å². The molecule has 36 heavy (non-hydrogen) atoms. The molecule has 0 radical (unpaired) electrons. The van der Waals surface area contributed by atoms with Crippen molar-refractivity contribution in [2.45, 2.75) is 31.2 Å². The van der Waals surface area contributed by atoms with E-state index >= 15 is 0 Å². The van der Waals surface area contributed by atoms with E-state index < -0.39 is 6.10 Å². The van der Waals surface area contributed by atoms with Crippen LogP contribution in [0.25, 0.3) is 5.70 Å². The lowest BCUT2D eigenvalue weighted by Gasteiger charge is -2.44. The Kier molecular flexibility index (Phi) is 6.21. The Labute approximate surface area is 219 Å². The Morgan fingerprint density at radius 1 is 0.917 bits per heavy atom. The minimum Gasteiger partial charge on any atom is -0.488 e. The van der Waals surface area contributed by atoms with Gasteiger partial charge in [0.1, 0.15) is 23.0 Å². The maximum atomic E-state index is 11.0. The second kappa shape index (κ2) is 9.80. The van der Waals surface area contributed by atoms with Crippen molar-refractivity contribution in [2.75, 3.05) is 0 Å². The van der Waals surface area contributed by atoms with Crippen molar-refractivity contribution < 1.29 is 9.84 Å². The van der Waals surface area contributed by atoms with Gasteiger partial charge in [-0.1, -0.05) is 91.0 Å². The van der Waals surface area contributed by atoms with Gasteiger partial charge in [0.15, 0.2) is 11.6 Å². The number of aliphatic hydroxyl groups is 1. The van der Waals surface area contributed by atoms with E-state index in [4.69, 9.17) is 9.72 Å². The molecule has 2 aliphatic rings. The van der Waals surface area contributed by atoms with Gasteiger partial charge in [0, 0.05) is 18.7 Å². The zero-order valence-corrected chi connectivity index (χ0v) is 21.2. The highest BCUT2D eigenvalue weighted by Crippen LogP contribution is 2.43. The Hall–Kier alpha value is -3.61. The first kappa shape index (κ1) is 22.8. The highest BCUT2D eigenvalue weighted by atomic mass is 79.9. The van der Waals surface area contributed by atoms with Crippen LogP contribution in [0, 0.1) is 0 Å². The van der Waals surface area contributed by atoms with Gasteiger partial charge in [0.05, 0.1) is 12.2 Å². The minimum atomic E-state index is -0.852. The summed E-state index contributed by atoms with van der Waals surface area (Å²) in [6.45, 7) is 1.09. The quantitative estimate of drug-likeness (QED) is 0.329. The molecule has 3 heterocycles. The number of aromatic nitrogens is 2. The standard InChI is InChI=1S/C30H26BrN3O2/c31-26-18-32-30-28-29(36-20-21-10-4-1-5-11-21)25(35)16-17-33(28)24(19-34(26)30)27(22-12-6-2-7-13-22)23-14-8-3-9-15-23/h1-18,24-25,27,35H,19-20H2/t24-,25?/m1/s1. The number of hydrogen-bond acceptors (Lipinski definition) is 4. The average molecular weight is 540 g/mol. The molecule has 0 saturated carbocycles. The summed E-state index contributed by atoms with van der Waals surface area (Å²) in [5, 5.41) is 11.0. The molecule has 2 atom stereocenters. The molecule has 6 rings (SSSR count). The third-order valence-electron chi connectivity index (χ3n) is 6.87. The zero-order valence-electron chi connectivity index (χ0n) is 19.6. The van der Waals surface area contributed by atoms with E-state index in [1.807, 2.05) is 42.7 Å². The third-order valence-corrected chi connectivity index (χ3v) is 7.51. The van der Waals surface area contributed by atoms with E-state index in [0.29, 0.717) is 12.4 Å². The van der Waals surface area contributed by atoms with E-state index in [-0.39, 0.29) is 12.0 Å². The molecule has 2 aliphatic heterocycles. The van der Waals surface area contributed by atoms with Crippen LogP contribution in [-0.2, 0) is 17.9 Å². The van der Waals surface area contributed by atoms with Gasteiger partial charge < -0.3 is 19.3 Å². The second-order valence-electron chi connectivity index (χ2n) is 9.06. The third kappa shape index (κ3) is 4.16. The van der Waals surface area contributed by atoms with Gasteiger partial charge in [0.25, 0.3) is 0 Å². The van der Waals surface area contributed by atoms with Gasteiger partial charge in [-0.3, -0.25) is 0 Å². The number of aliphatic hydroxyl groups excluding tert-OH is 1. The minimum absolute atomic E-state index is 0.0295. The summed E-state index contributed by atoms with van der Waals surface area (Å²) >= 11 is 3.71. The highest BCUT2D eigenvalue weighted by Gasteiger charge is 2.41. The number of ether oxygens (including phenoxy) is 1. The summed E-state index contributed by atoms with van der Waals surface area (Å²) in [4.78, 5) is 6.95. The molecule has 5 nitrogen and oxygen atoms in total. The first-order chi connectivity index (χ1) is 17.7. The maximum Gasteiger partial charge on any atom is 0.161 e. The van der Waals surface area contributed by atoms with Gasteiger partial charge >= 0.3 is 0 Å². The van der Waals surface area contributed by atoms with Crippen LogP contribution in [0.1, 0.15) is 28.4 Å². The van der Waals surface area contributed by atoms with E-state index in [0.717, 1.165) is 28.2 Å². The summed E-state index contributed by atoms with van der Waals surface area (Å²) in [6, 6.07) is 31.3. The molecule has 6 heteroatoms. The molecule has 0 spiro atoms. The fourth-order valence-electron chi connectivity index (χ4n) is 5.21. The van der Waals surface area contributed by atoms with Crippen molar-refractivity contribution >= 4 is 21.6 Å². The molecule has 0 fully saturated rings. The van der Waals surface area contributed by atoms with Gasteiger partial charge in [-0.15, -0.1) is 0 Å². The molecule has 1 unspecified atom stereocenters. The lowest BCUT2D eigenvalue weighted by molar-refractivity contribution is 0.107. The van der Waals surface area contributed by atoms with Crippen molar-refractivity contribution in [2.24, 2.45) is 0 Å². The molecular formula is C30H26BrN3O2. The lowest BCUT2D eigenvalue weighted by Crippen LogP contribution is -2.46. The SMILES string of the molecule is OC1C=CN2C(=C1OCc1ccccc1)c1ncc(Br)n1C[C@@H]2C(c1ccccc1)c1ccccc1. The molecule has 4 aromatic rings. The highest BCUT2D eigenvalue weighted by molar-refractivity contribution is 9.10. The fraction of sp³-hybridized carbons (Fsp3) is 0.167. The lowest BCUT2D eigenvalue weighted by atomic mass is 9.82. The molecule has 0 bridgehead atoms. The van der Waals surface area contributed by atoms with Crippen molar-refractivity contribution in [3.63, 3.8) is 0 Å². The van der Waals surface area contributed by atoms with Crippen molar-refractivity contribution in [3.8, 4) is 0 Å². The summed E-state index contributed by atoms with van der Waals surface area (Å²) in [7, 11) is 0. The van der Waals surface area contributed by atoms with E-state index in [9.17, 15) is 5.11 Å². The van der Waals surface area contributed by atoms with Crippen molar-refractivity contribution in [1.82, 2.24) is 14.5 Å². The normalized spacial score (nSPS) is 18.8. The molecule has 0 saturated heterocycles. The van der Waals surface area contributed by atoms with Crippen LogP contribution in [-0.4, -0.2) is 31.7 Å². The summed E-state index contributed by atoms with van der Waals surface area (Å²) < 4.78 is 9.40. The monoisotopic (exact) mass is 539 g/mol. The van der Waals surface area contributed by atoms with Gasteiger partial charge in [0.2, 0.25) is 0 Å². The molecule has 0 amide bonds. The molecule has 0 aliphatic carbocycles. The number of nitrogens with zero attached hydrogens (tertiary/aromatic N) is 3. The topological polar surface area (TPSA) is 50.5 Å². The van der Waals surface area contributed by atoms with Crippen LogP contribution >= 0.6 is 15.9 Å². The predicted molar refractivity (Wildman–Crippen MR) is 144 cm³/mol. The van der Waals surface area contributed by atoms with Crippen LogP contribution in [0.4, 0.5) is 0 Å². The Morgan fingerprint density at radius 3 is 2.17 bits per heavy atom. The van der Waals surface area contributed by atoms with Crippen LogP contribution in [0.15, 0.2) is 120 Å². The first-order valence-corrected chi connectivity index (χ1v) is 12.9. The maximum absolute atomic E-state index is 11.0. The Balaban J connectivity index is 1.48. The number of rotatable bonds is 6. The first-order valence-electron chi connectivity index (χ1n) is 12.1. The van der Waals surface area contributed by atoms with E-state index in [1.165, 1.54) is 11.1 Å². The van der Waals surface area contributed by atoms with Crippen molar-refractivity contribution in [1.29, 1.82) is 0 Å². The Morgan fingerprint density at radius 2 is 1.53 bits per heavy atom. The average Bonchev–Trinajstić information content (AvgIpc) is 3.30. The van der Waals surface area contributed by atoms with E-state index in [2.05, 4.69) is 86.1 Å². The summed E-state index contributed by atoms with van der Waals surface area (Å²) in [5.74, 6) is 1.38. The van der Waals surface area contributed by atoms with Crippen molar-refractivity contribution in [3.05, 3.63) is 142 Å². The largest absolute Gasteiger partial charge is 0.488 e. The van der Waals surface area contributed by atoms with Crippen LogP contribution in [0.5, 0.6) is 0 Å². The summed E-state index contributed by atoms with van der Waals surface area (Å²) in [6.07, 6.45) is 4.76. The number of imidazole rings is 1. The smallest absolute Gasteiger partial charge is 0.161 e. The second-order valence-corrected chi connectivity index (χ2v) is 9.87. The molecule has 180 valence electrons. The predicted octanol–water partition coefficient (Wildman–Crippen LogP) is 5.94. The van der Waals surface area contributed by atoms with Gasteiger partial charge in [-0.2, -0.15) is 0 Å². The molecule has 1 aromatic heterocycles. The number of benzene rings is 3. The Bertz CT molecular complexity index is 1360. The van der Waals surface area contributed by atoms with Crippen LogP contribution in [0.3, 0.4) is 0 Å². The summed E-state index contributed by atoms with van der Waals surface area (Å²) in [5.41, 5.74) is 4.32. The number of halogens is 1. The molecular weight excluding hydrogens is 514 g/mol. The number of hydrogen-bond donors (Lipinski definition) is 1. The van der Waals surface area contributed by atoms with Crippen LogP contribution < -0.4 is 0 Å². The van der Waals surface area contributed by atoms with Gasteiger partial charge in [-0.05, 0) is 38.7 Å². The van der Waals surface area contributed by atoms with Gasteiger partial charge in [-0.25, -0.2) is 4.98 Å². The fourth-order valence-corrected chi connectivity index (χ4v) is 5.63. The zero-order chi connectivity index (χ0) is 24.5. The molecule has 3 aromatic carbocycles. The van der Waals surface area contributed by atoms with E-state index in [1.54, 1.807) is 6.08 Å².